The summed E-state index contributed by atoms with van der Waals surface area (Å²) in [5, 5.41) is 10.6. The molecule has 2 aromatic rings. The lowest BCUT2D eigenvalue weighted by atomic mass is 9.92. The van der Waals surface area contributed by atoms with Crippen LogP contribution in [0.4, 0.5) is 11.5 Å². The number of aromatic nitrogens is 2. The van der Waals surface area contributed by atoms with E-state index in [0.717, 1.165) is 18.5 Å². The smallest absolute Gasteiger partial charge is 0.256 e. The number of hydrogen-bond donors (Lipinski definition) is 2. The molecule has 7 heteroatoms. The molecule has 2 N–H and O–H groups in total. The molecule has 0 radical (unpaired) electrons. The van der Waals surface area contributed by atoms with Crippen molar-refractivity contribution in [3.8, 4) is 0 Å². The van der Waals surface area contributed by atoms with Crippen LogP contribution in [0.2, 0.25) is 0 Å². The van der Waals surface area contributed by atoms with E-state index >= 15 is 0 Å². The van der Waals surface area contributed by atoms with Gasteiger partial charge < -0.3 is 15.4 Å². The molecule has 7 nitrogen and oxygen atoms in total. The van der Waals surface area contributed by atoms with Crippen LogP contribution in [0.25, 0.3) is 0 Å². The number of benzene rings is 1. The van der Waals surface area contributed by atoms with Crippen LogP contribution >= 0.6 is 0 Å². The van der Waals surface area contributed by atoms with E-state index in [-0.39, 0.29) is 22.8 Å². The summed E-state index contributed by atoms with van der Waals surface area (Å²) in [7, 11) is 0. The van der Waals surface area contributed by atoms with Crippen molar-refractivity contribution in [2.45, 2.75) is 71.4 Å². The standard InChI is InChI=1S/C23H32N4O3/c1-22(2,3)18-14-19(27(26-18)23(4,5)6)25-20(28)15-9-7-10-16(13-15)24-21(29)17-11-8-12-30-17/h7,9-10,13-14,17H,8,11-12H2,1-6H3,(H,24,29)(H,25,28). The first-order valence-electron chi connectivity index (χ1n) is 10.4. The van der Waals surface area contributed by atoms with E-state index in [1.54, 1.807) is 24.3 Å². The maximum absolute atomic E-state index is 13.0. The summed E-state index contributed by atoms with van der Waals surface area (Å²) in [6.07, 6.45) is 1.19. The molecule has 2 heterocycles. The second-order valence-electron chi connectivity index (χ2n) is 9.77. The zero-order valence-electron chi connectivity index (χ0n) is 18.7. The number of carbonyl (C=O) groups excluding carboxylic acids is 2. The van der Waals surface area contributed by atoms with Crippen molar-refractivity contribution in [1.82, 2.24) is 9.78 Å². The van der Waals surface area contributed by atoms with Gasteiger partial charge in [0.05, 0.1) is 11.2 Å². The van der Waals surface area contributed by atoms with Crippen LogP contribution in [0.1, 0.15) is 70.4 Å². The van der Waals surface area contributed by atoms with Crippen LogP contribution in [0.5, 0.6) is 0 Å². The quantitative estimate of drug-likeness (QED) is 0.784. The van der Waals surface area contributed by atoms with Gasteiger partial charge in [0, 0.05) is 29.3 Å². The Morgan fingerprint density at radius 3 is 2.43 bits per heavy atom. The van der Waals surface area contributed by atoms with Crippen LogP contribution in [-0.4, -0.2) is 34.3 Å². The Bertz CT molecular complexity index is 929. The average molecular weight is 413 g/mol. The molecule has 1 unspecified atom stereocenters. The fourth-order valence-corrected chi connectivity index (χ4v) is 3.28. The van der Waals surface area contributed by atoms with Crippen LogP contribution in [0.3, 0.4) is 0 Å². The normalized spacial score (nSPS) is 17.1. The molecule has 1 aromatic carbocycles. The van der Waals surface area contributed by atoms with Crippen LogP contribution in [0, 0.1) is 0 Å². The minimum Gasteiger partial charge on any atom is -0.368 e. The summed E-state index contributed by atoms with van der Waals surface area (Å²) in [4.78, 5) is 25.2. The molecule has 2 amide bonds. The maximum atomic E-state index is 13.0. The van der Waals surface area contributed by atoms with Gasteiger partial charge in [-0.25, -0.2) is 4.68 Å². The van der Waals surface area contributed by atoms with Gasteiger partial charge in [0.25, 0.3) is 11.8 Å². The van der Waals surface area contributed by atoms with Crippen molar-refractivity contribution in [2.75, 3.05) is 17.2 Å². The highest BCUT2D eigenvalue weighted by Crippen LogP contribution is 2.28. The van der Waals surface area contributed by atoms with Crippen molar-refractivity contribution in [3.63, 3.8) is 0 Å². The summed E-state index contributed by atoms with van der Waals surface area (Å²) >= 11 is 0. The summed E-state index contributed by atoms with van der Waals surface area (Å²) in [5.41, 5.74) is 1.51. The monoisotopic (exact) mass is 412 g/mol. The van der Waals surface area contributed by atoms with Crippen molar-refractivity contribution >= 4 is 23.3 Å². The van der Waals surface area contributed by atoms with E-state index < -0.39 is 6.10 Å². The first kappa shape index (κ1) is 22.0. The van der Waals surface area contributed by atoms with E-state index in [4.69, 9.17) is 9.84 Å². The summed E-state index contributed by atoms with van der Waals surface area (Å²) < 4.78 is 7.26. The van der Waals surface area contributed by atoms with Crippen LogP contribution in [-0.2, 0) is 20.5 Å². The SMILES string of the molecule is CC(C)(C)c1cc(NC(=O)c2cccc(NC(=O)C3CCCO3)c2)n(C(C)(C)C)n1. The highest BCUT2D eigenvalue weighted by atomic mass is 16.5. The van der Waals surface area contributed by atoms with Crippen molar-refractivity contribution in [2.24, 2.45) is 0 Å². The second-order valence-corrected chi connectivity index (χ2v) is 9.77. The first-order chi connectivity index (χ1) is 13.9. The number of rotatable bonds is 4. The lowest BCUT2D eigenvalue weighted by Crippen LogP contribution is -2.28. The number of anilines is 2. The molecule has 162 valence electrons. The Morgan fingerprint density at radius 1 is 1.10 bits per heavy atom. The number of hydrogen-bond acceptors (Lipinski definition) is 4. The van der Waals surface area contributed by atoms with E-state index in [9.17, 15) is 9.59 Å². The van der Waals surface area contributed by atoms with Gasteiger partial charge in [0.15, 0.2) is 0 Å². The molecule has 1 fully saturated rings. The number of amides is 2. The molecule has 1 saturated heterocycles. The molecular weight excluding hydrogens is 380 g/mol. The predicted octanol–water partition coefficient (Wildman–Crippen LogP) is 4.31. The lowest BCUT2D eigenvalue weighted by Gasteiger charge is -2.23. The molecule has 3 rings (SSSR count). The Hall–Kier alpha value is -2.67. The van der Waals surface area contributed by atoms with Gasteiger partial charge >= 0.3 is 0 Å². The Morgan fingerprint density at radius 2 is 1.83 bits per heavy atom. The summed E-state index contributed by atoms with van der Waals surface area (Å²) in [6, 6.07) is 8.83. The Labute approximate surface area is 178 Å². The highest BCUT2D eigenvalue weighted by Gasteiger charge is 2.26. The van der Waals surface area contributed by atoms with Gasteiger partial charge in [-0.05, 0) is 51.8 Å². The van der Waals surface area contributed by atoms with E-state index in [1.165, 1.54) is 0 Å². The molecule has 1 atom stereocenters. The molecule has 0 spiro atoms. The van der Waals surface area contributed by atoms with Gasteiger partial charge in [-0.3, -0.25) is 9.59 Å². The third kappa shape index (κ3) is 5.08. The summed E-state index contributed by atoms with van der Waals surface area (Å²) in [5.74, 6) is 0.214. The minimum absolute atomic E-state index is 0.136. The minimum atomic E-state index is -0.417. The Kier molecular flexibility index (Phi) is 6.04. The van der Waals surface area contributed by atoms with Gasteiger partial charge in [-0.2, -0.15) is 5.10 Å². The second kappa shape index (κ2) is 8.22. The third-order valence-corrected chi connectivity index (χ3v) is 4.97. The van der Waals surface area contributed by atoms with Gasteiger partial charge in [0.2, 0.25) is 0 Å². The van der Waals surface area contributed by atoms with Crippen LogP contribution in [0.15, 0.2) is 30.3 Å². The van der Waals surface area contributed by atoms with Crippen molar-refractivity contribution in [1.29, 1.82) is 0 Å². The average Bonchev–Trinajstić information content (AvgIpc) is 3.31. The lowest BCUT2D eigenvalue weighted by molar-refractivity contribution is -0.124. The fraction of sp³-hybridized carbons (Fsp3) is 0.522. The molecule has 0 bridgehead atoms. The third-order valence-electron chi connectivity index (χ3n) is 4.97. The molecule has 30 heavy (non-hydrogen) atoms. The predicted molar refractivity (Wildman–Crippen MR) is 118 cm³/mol. The molecule has 1 aromatic heterocycles. The molecular formula is C23H32N4O3. The molecule has 1 aliphatic rings. The number of nitrogens with one attached hydrogen (secondary N) is 2. The van der Waals surface area contributed by atoms with Gasteiger partial charge in [0.1, 0.15) is 11.9 Å². The molecule has 1 aliphatic heterocycles. The number of carbonyl (C=O) groups is 2. The largest absolute Gasteiger partial charge is 0.368 e. The topological polar surface area (TPSA) is 85.3 Å². The Balaban J connectivity index is 1.79. The van der Waals surface area contributed by atoms with E-state index in [2.05, 4.69) is 31.4 Å². The number of ether oxygens (including phenoxy) is 1. The zero-order valence-corrected chi connectivity index (χ0v) is 18.7. The summed E-state index contributed by atoms with van der Waals surface area (Å²) in [6.45, 7) is 13.0. The fourth-order valence-electron chi connectivity index (χ4n) is 3.28. The first-order valence-corrected chi connectivity index (χ1v) is 10.4. The number of nitrogens with zero attached hydrogens (tertiary/aromatic N) is 2. The van der Waals surface area contributed by atoms with E-state index in [1.807, 2.05) is 31.5 Å². The van der Waals surface area contributed by atoms with Gasteiger partial charge in [-0.15, -0.1) is 0 Å². The molecule has 0 aliphatic carbocycles. The van der Waals surface area contributed by atoms with Crippen molar-refractivity contribution < 1.29 is 14.3 Å². The van der Waals surface area contributed by atoms with E-state index in [0.29, 0.717) is 23.7 Å². The van der Waals surface area contributed by atoms with Gasteiger partial charge in [-0.1, -0.05) is 26.8 Å². The zero-order chi connectivity index (χ0) is 22.1. The van der Waals surface area contributed by atoms with Crippen LogP contribution < -0.4 is 10.6 Å². The highest BCUT2D eigenvalue weighted by molar-refractivity contribution is 6.05. The van der Waals surface area contributed by atoms with Crippen molar-refractivity contribution in [3.05, 3.63) is 41.6 Å². The molecule has 0 saturated carbocycles. The maximum Gasteiger partial charge on any atom is 0.256 e.